The Morgan fingerprint density at radius 3 is 2.45 bits per heavy atom. The molecule has 0 aliphatic rings. The fourth-order valence-electron chi connectivity index (χ4n) is 3.15. The summed E-state index contributed by atoms with van der Waals surface area (Å²) in [6.07, 6.45) is 2.13. The number of unbranched alkanes of at least 4 members (excludes halogenated alkanes) is 1. The van der Waals surface area contributed by atoms with Crippen LogP contribution in [0.25, 0.3) is 11.4 Å². The summed E-state index contributed by atoms with van der Waals surface area (Å²) in [5.74, 6) is 2.83. The minimum Gasteiger partial charge on any atom is -0.497 e. The number of thioether (sulfide) groups is 1. The summed E-state index contributed by atoms with van der Waals surface area (Å²) in [5, 5.41) is 12.2. The zero-order valence-corrected chi connectivity index (χ0v) is 20.3. The molecule has 0 aliphatic carbocycles. The van der Waals surface area contributed by atoms with E-state index in [1.54, 1.807) is 32.4 Å². The Balaban J connectivity index is 1.64. The van der Waals surface area contributed by atoms with E-state index in [1.807, 2.05) is 35.8 Å². The van der Waals surface area contributed by atoms with Crippen molar-refractivity contribution >= 4 is 23.4 Å². The highest BCUT2D eigenvalue weighted by atomic mass is 32.2. The molecule has 3 aromatic rings. The topological polar surface area (TPSA) is 87.5 Å². The van der Waals surface area contributed by atoms with Crippen LogP contribution in [0.5, 0.6) is 17.2 Å². The fourth-order valence-corrected chi connectivity index (χ4v) is 3.95. The summed E-state index contributed by atoms with van der Waals surface area (Å²) in [6.45, 7) is 5.57. The first-order valence-electron chi connectivity index (χ1n) is 10.9. The highest BCUT2D eigenvalue weighted by Gasteiger charge is 2.16. The highest BCUT2D eigenvalue weighted by molar-refractivity contribution is 7.99. The van der Waals surface area contributed by atoms with Gasteiger partial charge < -0.3 is 24.1 Å². The molecule has 0 radical (unpaired) electrons. The lowest BCUT2D eigenvalue weighted by Gasteiger charge is -2.12. The second-order valence-electron chi connectivity index (χ2n) is 7.18. The number of hydrogen-bond acceptors (Lipinski definition) is 7. The molecule has 8 nitrogen and oxygen atoms in total. The Labute approximate surface area is 198 Å². The molecule has 33 heavy (non-hydrogen) atoms. The van der Waals surface area contributed by atoms with Gasteiger partial charge in [0.2, 0.25) is 5.91 Å². The number of carbonyl (C=O) groups excluding carboxylic acids is 1. The van der Waals surface area contributed by atoms with E-state index in [1.165, 1.54) is 11.8 Å². The zero-order valence-electron chi connectivity index (χ0n) is 19.5. The Hall–Kier alpha value is -3.20. The summed E-state index contributed by atoms with van der Waals surface area (Å²) in [5.41, 5.74) is 1.54. The number of benzene rings is 2. The van der Waals surface area contributed by atoms with Crippen LogP contribution in [0.3, 0.4) is 0 Å². The van der Waals surface area contributed by atoms with Gasteiger partial charge in [-0.25, -0.2) is 0 Å². The molecule has 1 N–H and O–H groups in total. The molecule has 0 fully saturated rings. The molecule has 176 valence electrons. The maximum absolute atomic E-state index is 12.5. The molecule has 0 bridgehead atoms. The Kier molecular flexibility index (Phi) is 9.00. The van der Waals surface area contributed by atoms with Crippen LogP contribution in [0, 0.1) is 0 Å². The standard InChI is InChI=1S/C24H30N4O4S/c1-5-7-14-32-18-10-8-17(9-11-18)23-26-27-24(28(23)6-2)33-16-22(29)25-20-13-12-19(30-3)15-21(20)31-4/h8-13,15H,5-7,14,16H2,1-4H3,(H,25,29). The number of nitrogens with one attached hydrogen (secondary N) is 1. The number of methoxy groups -OCH3 is 2. The van der Waals surface area contributed by atoms with Gasteiger partial charge >= 0.3 is 0 Å². The molecule has 0 unspecified atom stereocenters. The summed E-state index contributed by atoms with van der Waals surface area (Å²) >= 11 is 1.34. The van der Waals surface area contributed by atoms with Crippen molar-refractivity contribution in [3.8, 4) is 28.6 Å². The summed E-state index contributed by atoms with van der Waals surface area (Å²) < 4.78 is 18.3. The second kappa shape index (κ2) is 12.2. The lowest BCUT2D eigenvalue weighted by molar-refractivity contribution is -0.113. The molecule has 0 aliphatic heterocycles. The van der Waals surface area contributed by atoms with E-state index in [-0.39, 0.29) is 11.7 Å². The van der Waals surface area contributed by atoms with Crippen LogP contribution < -0.4 is 19.5 Å². The Morgan fingerprint density at radius 2 is 1.79 bits per heavy atom. The van der Waals surface area contributed by atoms with Crippen molar-refractivity contribution in [2.45, 2.75) is 38.4 Å². The van der Waals surface area contributed by atoms with Gasteiger partial charge in [-0.3, -0.25) is 4.79 Å². The minimum atomic E-state index is -0.163. The largest absolute Gasteiger partial charge is 0.497 e. The van der Waals surface area contributed by atoms with Crippen molar-refractivity contribution in [1.82, 2.24) is 14.8 Å². The smallest absolute Gasteiger partial charge is 0.234 e. The molecule has 1 amide bonds. The van der Waals surface area contributed by atoms with Gasteiger partial charge in [0.15, 0.2) is 11.0 Å². The summed E-state index contributed by atoms with van der Waals surface area (Å²) in [7, 11) is 3.13. The molecule has 0 saturated heterocycles. The van der Waals surface area contributed by atoms with Crippen molar-refractivity contribution in [3.05, 3.63) is 42.5 Å². The lowest BCUT2D eigenvalue weighted by Crippen LogP contribution is -2.15. The monoisotopic (exact) mass is 470 g/mol. The highest BCUT2D eigenvalue weighted by Crippen LogP contribution is 2.30. The summed E-state index contributed by atoms with van der Waals surface area (Å²) in [6, 6.07) is 13.1. The number of rotatable bonds is 12. The van der Waals surface area contributed by atoms with Crippen LogP contribution in [0.1, 0.15) is 26.7 Å². The van der Waals surface area contributed by atoms with Gasteiger partial charge in [0.05, 0.1) is 32.3 Å². The zero-order chi connectivity index (χ0) is 23.6. The third kappa shape index (κ3) is 6.41. The number of carbonyl (C=O) groups is 1. The van der Waals surface area contributed by atoms with Gasteiger partial charge in [0.1, 0.15) is 17.2 Å². The molecule has 1 heterocycles. The molecule has 2 aromatic carbocycles. The Bertz CT molecular complexity index is 1050. The van der Waals surface area contributed by atoms with E-state index in [4.69, 9.17) is 14.2 Å². The number of hydrogen-bond donors (Lipinski definition) is 1. The third-order valence-corrected chi connectivity index (χ3v) is 5.89. The van der Waals surface area contributed by atoms with Crippen LogP contribution >= 0.6 is 11.8 Å². The molecule has 0 atom stereocenters. The number of aromatic nitrogens is 3. The average molecular weight is 471 g/mol. The number of ether oxygens (including phenoxy) is 3. The van der Waals surface area contributed by atoms with E-state index in [9.17, 15) is 4.79 Å². The van der Waals surface area contributed by atoms with Crippen LogP contribution in [0.2, 0.25) is 0 Å². The number of anilines is 1. The van der Waals surface area contributed by atoms with Crippen molar-refractivity contribution in [2.24, 2.45) is 0 Å². The van der Waals surface area contributed by atoms with Crippen LogP contribution in [-0.4, -0.2) is 47.3 Å². The molecule has 1 aromatic heterocycles. The Morgan fingerprint density at radius 1 is 1.03 bits per heavy atom. The van der Waals surface area contributed by atoms with Crippen molar-refractivity contribution < 1.29 is 19.0 Å². The first kappa shape index (κ1) is 24.4. The molecule has 0 saturated carbocycles. The molecule has 3 rings (SSSR count). The van der Waals surface area contributed by atoms with Crippen LogP contribution in [0.4, 0.5) is 5.69 Å². The van der Waals surface area contributed by atoms with Crippen LogP contribution in [0.15, 0.2) is 47.6 Å². The van der Waals surface area contributed by atoms with Gasteiger partial charge in [0, 0.05) is 18.2 Å². The van der Waals surface area contributed by atoms with Gasteiger partial charge in [-0.15, -0.1) is 10.2 Å². The predicted octanol–water partition coefficient (Wildman–Crippen LogP) is 4.89. The maximum atomic E-state index is 12.5. The van der Waals surface area contributed by atoms with E-state index >= 15 is 0 Å². The summed E-state index contributed by atoms with van der Waals surface area (Å²) in [4.78, 5) is 12.5. The molecule has 9 heteroatoms. The van der Waals surface area contributed by atoms with Crippen molar-refractivity contribution in [2.75, 3.05) is 31.9 Å². The van der Waals surface area contributed by atoms with Crippen molar-refractivity contribution in [3.63, 3.8) is 0 Å². The quantitative estimate of drug-likeness (QED) is 0.298. The normalized spacial score (nSPS) is 10.7. The molecule has 0 spiro atoms. The third-order valence-electron chi connectivity index (χ3n) is 4.93. The van der Waals surface area contributed by atoms with E-state index in [0.29, 0.717) is 35.5 Å². The first-order chi connectivity index (χ1) is 16.1. The average Bonchev–Trinajstić information content (AvgIpc) is 3.26. The second-order valence-corrected chi connectivity index (χ2v) is 8.12. The van der Waals surface area contributed by atoms with Gasteiger partial charge in [-0.2, -0.15) is 0 Å². The van der Waals surface area contributed by atoms with Gasteiger partial charge in [0.25, 0.3) is 0 Å². The van der Waals surface area contributed by atoms with Crippen LogP contribution in [-0.2, 0) is 11.3 Å². The molecular weight excluding hydrogens is 440 g/mol. The number of amides is 1. The maximum Gasteiger partial charge on any atom is 0.234 e. The predicted molar refractivity (Wildman–Crippen MR) is 130 cm³/mol. The van der Waals surface area contributed by atoms with E-state index in [2.05, 4.69) is 22.4 Å². The minimum absolute atomic E-state index is 0.163. The SMILES string of the molecule is CCCCOc1ccc(-c2nnc(SCC(=O)Nc3ccc(OC)cc3OC)n2CC)cc1. The number of nitrogens with zero attached hydrogens (tertiary/aromatic N) is 3. The van der Waals surface area contributed by atoms with E-state index < -0.39 is 0 Å². The fraction of sp³-hybridized carbons (Fsp3) is 0.375. The van der Waals surface area contributed by atoms with Crippen molar-refractivity contribution in [1.29, 1.82) is 0 Å². The van der Waals surface area contributed by atoms with Gasteiger partial charge in [-0.1, -0.05) is 25.1 Å². The lowest BCUT2D eigenvalue weighted by atomic mass is 10.2. The van der Waals surface area contributed by atoms with Gasteiger partial charge in [-0.05, 0) is 49.7 Å². The van der Waals surface area contributed by atoms with E-state index in [0.717, 1.165) is 30.0 Å². The molecular formula is C24H30N4O4S. The first-order valence-corrected chi connectivity index (χ1v) is 11.9.